The van der Waals surface area contributed by atoms with Gasteiger partial charge in [-0.1, -0.05) is 41.0 Å². The molecule has 0 amide bonds. The Kier molecular flexibility index (Phi) is 17.4. The number of Topliss-reactive ketones (excluding diaryl/α,β-unsaturated/α-hetero) is 1. The normalized spacial score (nSPS) is 11.1. The quantitative estimate of drug-likeness (QED) is 0.589. The zero-order chi connectivity index (χ0) is 9.40. The SMILES string of the molecule is C.C.CCCCCC(CC(C)=O)OC. The largest absolute Gasteiger partial charge is 0.381 e. The highest BCUT2D eigenvalue weighted by Gasteiger charge is 2.08. The number of carbonyl (C=O) groups excluding carboxylic acids is 1. The van der Waals surface area contributed by atoms with E-state index in [2.05, 4.69) is 6.92 Å². The van der Waals surface area contributed by atoms with Crippen LogP contribution in [0.5, 0.6) is 0 Å². The van der Waals surface area contributed by atoms with Gasteiger partial charge < -0.3 is 4.74 Å². The van der Waals surface area contributed by atoms with Crippen molar-refractivity contribution >= 4 is 5.78 Å². The van der Waals surface area contributed by atoms with E-state index >= 15 is 0 Å². The molecule has 0 aromatic rings. The number of methoxy groups -OCH3 is 1. The Balaban J connectivity index is -0.000000605. The highest BCUT2D eigenvalue weighted by molar-refractivity contribution is 5.75. The van der Waals surface area contributed by atoms with E-state index in [9.17, 15) is 4.79 Å². The van der Waals surface area contributed by atoms with Crippen LogP contribution in [-0.4, -0.2) is 19.0 Å². The summed E-state index contributed by atoms with van der Waals surface area (Å²) in [5, 5.41) is 0. The van der Waals surface area contributed by atoms with Crippen molar-refractivity contribution in [1.29, 1.82) is 0 Å². The molecule has 1 unspecified atom stereocenters. The van der Waals surface area contributed by atoms with Crippen molar-refractivity contribution in [2.75, 3.05) is 7.11 Å². The lowest BCUT2D eigenvalue weighted by molar-refractivity contribution is -0.119. The van der Waals surface area contributed by atoms with Crippen molar-refractivity contribution in [3.8, 4) is 0 Å². The molecule has 1 atom stereocenters. The van der Waals surface area contributed by atoms with Crippen molar-refractivity contribution in [1.82, 2.24) is 0 Å². The Labute approximate surface area is 90.0 Å². The van der Waals surface area contributed by atoms with Gasteiger partial charge in [0.2, 0.25) is 0 Å². The topological polar surface area (TPSA) is 26.3 Å². The second kappa shape index (κ2) is 12.6. The fraction of sp³-hybridized carbons (Fsp3) is 0.917. The van der Waals surface area contributed by atoms with Crippen LogP contribution in [0.1, 0.15) is 60.8 Å². The minimum atomic E-state index is 0. The van der Waals surface area contributed by atoms with Crippen molar-refractivity contribution in [3.05, 3.63) is 0 Å². The summed E-state index contributed by atoms with van der Waals surface area (Å²) in [7, 11) is 1.68. The second-order valence-corrected chi connectivity index (χ2v) is 3.26. The van der Waals surface area contributed by atoms with E-state index in [-0.39, 0.29) is 26.7 Å². The van der Waals surface area contributed by atoms with Gasteiger partial charge in [0.15, 0.2) is 0 Å². The van der Waals surface area contributed by atoms with E-state index in [0.29, 0.717) is 6.42 Å². The van der Waals surface area contributed by atoms with Crippen LogP contribution in [-0.2, 0) is 9.53 Å². The van der Waals surface area contributed by atoms with Gasteiger partial charge in [0, 0.05) is 13.5 Å². The number of hydrogen-bond acceptors (Lipinski definition) is 2. The summed E-state index contributed by atoms with van der Waals surface area (Å²) in [4.78, 5) is 10.8. The number of ether oxygens (including phenoxy) is 1. The third-order valence-electron chi connectivity index (χ3n) is 1.98. The van der Waals surface area contributed by atoms with Crippen LogP contribution in [0.2, 0.25) is 0 Å². The van der Waals surface area contributed by atoms with Gasteiger partial charge in [-0.3, -0.25) is 4.79 Å². The van der Waals surface area contributed by atoms with Crippen molar-refractivity contribution in [2.45, 2.75) is 66.9 Å². The number of unbranched alkanes of at least 4 members (excludes halogenated alkanes) is 2. The molecule has 0 aromatic heterocycles. The van der Waals surface area contributed by atoms with Gasteiger partial charge in [-0.05, 0) is 13.3 Å². The zero-order valence-electron chi connectivity index (χ0n) is 8.43. The second-order valence-electron chi connectivity index (χ2n) is 3.26. The third-order valence-corrected chi connectivity index (χ3v) is 1.98. The molecule has 0 saturated heterocycles. The molecular weight excluding hydrogens is 176 g/mol. The summed E-state index contributed by atoms with van der Waals surface area (Å²) in [5.41, 5.74) is 0. The van der Waals surface area contributed by atoms with Crippen LogP contribution >= 0.6 is 0 Å². The molecule has 2 heteroatoms. The van der Waals surface area contributed by atoms with Crippen molar-refractivity contribution in [3.63, 3.8) is 0 Å². The van der Waals surface area contributed by atoms with E-state index in [1.807, 2.05) is 0 Å². The minimum absolute atomic E-state index is 0. The first-order valence-corrected chi connectivity index (χ1v) is 4.73. The lowest BCUT2D eigenvalue weighted by Gasteiger charge is -2.12. The summed E-state index contributed by atoms with van der Waals surface area (Å²) in [6.45, 7) is 3.79. The zero-order valence-corrected chi connectivity index (χ0v) is 8.43. The monoisotopic (exact) mass is 204 g/mol. The molecule has 0 aliphatic heterocycles. The summed E-state index contributed by atoms with van der Waals surface area (Å²) in [6, 6.07) is 0. The molecule has 0 rings (SSSR count). The van der Waals surface area contributed by atoms with Crippen LogP contribution < -0.4 is 0 Å². The number of carbonyl (C=O) groups is 1. The van der Waals surface area contributed by atoms with Gasteiger partial charge in [0.05, 0.1) is 6.10 Å². The molecule has 88 valence electrons. The van der Waals surface area contributed by atoms with E-state index in [1.165, 1.54) is 19.3 Å². The summed E-state index contributed by atoms with van der Waals surface area (Å²) >= 11 is 0. The number of hydrogen-bond donors (Lipinski definition) is 0. The van der Waals surface area contributed by atoms with Gasteiger partial charge in [0.25, 0.3) is 0 Å². The highest BCUT2D eigenvalue weighted by Crippen LogP contribution is 2.09. The van der Waals surface area contributed by atoms with E-state index in [4.69, 9.17) is 4.74 Å². The molecule has 14 heavy (non-hydrogen) atoms. The predicted molar refractivity (Wildman–Crippen MR) is 63.7 cm³/mol. The van der Waals surface area contributed by atoms with Crippen LogP contribution in [0.15, 0.2) is 0 Å². The van der Waals surface area contributed by atoms with E-state index < -0.39 is 0 Å². The van der Waals surface area contributed by atoms with Crippen LogP contribution in [0.3, 0.4) is 0 Å². The smallest absolute Gasteiger partial charge is 0.132 e. The first-order valence-electron chi connectivity index (χ1n) is 4.73. The standard InChI is InChI=1S/C10H20O2.2CH4/c1-4-5-6-7-10(12-3)8-9(2)11;;/h10H,4-8H2,1-3H3;2*1H4. The Morgan fingerprint density at radius 1 is 1.29 bits per heavy atom. The molecular formula is C12H28O2. The maximum atomic E-state index is 10.8. The Morgan fingerprint density at radius 3 is 2.21 bits per heavy atom. The van der Waals surface area contributed by atoms with Crippen LogP contribution in [0.4, 0.5) is 0 Å². The van der Waals surface area contributed by atoms with Gasteiger partial charge in [-0.25, -0.2) is 0 Å². The highest BCUT2D eigenvalue weighted by atomic mass is 16.5. The summed E-state index contributed by atoms with van der Waals surface area (Å²) in [6.07, 6.45) is 5.36. The van der Waals surface area contributed by atoms with Crippen LogP contribution in [0, 0.1) is 0 Å². The fourth-order valence-electron chi connectivity index (χ4n) is 1.25. The molecule has 0 bridgehead atoms. The Bertz CT molecular complexity index is 121. The lowest BCUT2D eigenvalue weighted by atomic mass is 10.1. The average Bonchev–Trinajstić information content (AvgIpc) is 2.02. The Hall–Kier alpha value is -0.370. The van der Waals surface area contributed by atoms with Gasteiger partial charge in [0.1, 0.15) is 5.78 Å². The molecule has 0 radical (unpaired) electrons. The molecule has 0 heterocycles. The van der Waals surface area contributed by atoms with E-state index in [0.717, 1.165) is 6.42 Å². The first kappa shape index (κ1) is 19.2. The molecule has 0 spiro atoms. The maximum absolute atomic E-state index is 10.8. The summed E-state index contributed by atoms with van der Waals surface area (Å²) < 4.78 is 5.19. The van der Waals surface area contributed by atoms with Crippen molar-refractivity contribution < 1.29 is 9.53 Å². The maximum Gasteiger partial charge on any atom is 0.132 e. The van der Waals surface area contributed by atoms with Gasteiger partial charge in [-0.2, -0.15) is 0 Å². The molecule has 0 aromatic carbocycles. The summed E-state index contributed by atoms with van der Waals surface area (Å²) in [5.74, 6) is 0.221. The van der Waals surface area contributed by atoms with Gasteiger partial charge >= 0.3 is 0 Å². The van der Waals surface area contributed by atoms with Gasteiger partial charge in [-0.15, -0.1) is 0 Å². The molecule has 0 N–H and O–H groups in total. The Morgan fingerprint density at radius 2 is 1.86 bits per heavy atom. The lowest BCUT2D eigenvalue weighted by Crippen LogP contribution is -2.14. The molecule has 0 aliphatic carbocycles. The van der Waals surface area contributed by atoms with Crippen molar-refractivity contribution in [2.24, 2.45) is 0 Å². The predicted octanol–water partition coefficient (Wildman–Crippen LogP) is 3.83. The fourth-order valence-corrected chi connectivity index (χ4v) is 1.25. The molecule has 0 aliphatic rings. The van der Waals surface area contributed by atoms with Crippen LogP contribution in [0.25, 0.3) is 0 Å². The first-order chi connectivity index (χ1) is 5.70. The molecule has 0 saturated carbocycles. The molecule has 2 nitrogen and oxygen atoms in total. The third kappa shape index (κ3) is 11.6. The number of rotatable bonds is 7. The number of ketones is 1. The minimum Gasteiger partial charge on any atom is -0.381 e. The average molecular weight is 204 g/mol. The molecule has 0 fully saturated rings. The van der Waals surface area contributed by atoms with E-state index in [1.54, 1.807) is 14.0 Å².